The summed E-state index contributed by atoms with van der Waals surface area (Å²) >= 11 is 6.17. The summed E-state index contributed by atoms with van der Waals surface area (Å²) in [5.41, 5.74) is 1.15. The van der Waals surface area contributed by atoms with Gasteiger partial charge in [-0.3, -0.25) is 0 Å². The smallest absolute Gasteiger partial charge is 0.341 e. The summed E-state index contributed by atoms with van der Waals surface area (Å²) in [5.74, 6) is 0.445. The number of hydrogen-bond acceptors (Lipinski definition) is 4. The van der Waals surface area contributed by atoms with Crippen molar-refractivity contribution in [3.8, 4) is 5.69 Å². The van der Waals surface area contributed by atoms with Gasteiger partial charge in [-0.1, -0.05) is 23.7 Å². The van der Waals surface area contributed by atoms with Gasteiger partial charge in [0.25, 0.3) is 0 Å². The van der Waals surface area contributed by atoms with Gasteiger partial charge in [0.1, 0.15) is 6.33 Å². The number of halogens is 1. The first kappa shape index (κ1) is 14.5. The lowest BCUT2D eigenvalue weighted by atomic mass is 10.2. The van der Waals surface area contributed by atoms with Crippen LogP contribution >= 0.6 is 11.6 Å². The summed E-state index contributed by atoms with van der Waals surface area (Å²) in [5, 5.41) is 0.506. The van der Waals surface area contributed by atoms with E-state index in [1.807, 2.05) is 37.8 Å². The molecule has 0 saturated heterocycles. The standard InChI is InChI=1S/C14H17ClN4O/c1-4-18(5-2)13-16-9-19(14(20)17-13)12-10(3)7-6-8-11(12)15/h6-9H,4-5H2,1-3H3. The lowest BCUT2D eigenvalue weighted by Crippen LogP contribution is -2.30. The van der Waals surface area contributed by atoms with Crippen molar-refractivity contribution >= 4 is 17.5 Å². The Balaban J connectivity index is 2.53. The van der Waals surface area contributed by atoms with Gasteiger partial charge in [-0.2, -0.15) is 4.98 Å². The molecule has 106 valence electrons. The van der Waals surface area contributed by atoms with Gasteiger partial charge in [-0.25, -0.2) is 14.3 Å². The molecular weight excluding hydrogens is 276 g/mol. The van der Waals surface area contributed by atoms with E-state index in [1.54, 1.807) is 6.07 Å². The molecule has 0 unspecified atom stereocenters. The normalized spacial score (nSPS) is 10.6. The zero-order valence-electron chi connectivity index (χ0n) is 11.8. The molecule has 2 aromatic rings. The maximum atomic E-state index is 12.2. The van der Waals surface area contributed by atoms with Crippen molar-refractivity contribution in [2.24, 2.45) is 0 Å². The van der Waals surface area contributed by atoms with Gasteiger partial charge in [0, 0.05) is 13.1 Å². The molecule has 0 fully saturated rings. The van der Waals surface area contributed by atoms with E-state index in [4.69, 9.17) is 11.6 Å². The second-order valence-electron chi connectivity index (χ2n) is 4.39. The van der Waals surface area contributed by atoms with E-state index in [0.717, 1.165) is 18.7 Å². The Bertz CT molecular complexity index is 644. The van der Waals surface area contributed by atoms with Crippen LogP contribution in [0.3, 0.4) is 0 Å². The quantitative estimate of drug-likeness (QED) is 0.868. The molecule has 0 amide bonds. The van der Waals surface area contributed by atoms with Crippen molar-refractivity contribution in [2.45, 2.75) is 20.8 Å². The Hall–Kier alpha value is -1.88. The maximum Gasteiger partial charge on any atom is 0.356 e. The molecule has 20 heavy (non-hydrogen) atoms. The molecule has 0 atom stereocenters. The second-order valence-corrected chi connectivity index (χ2v) is 4.79. The molecular formula is C14H17ClN4O. The lowest BCUT2D eigenvalue weighted by Gasteiger charge is -2.18. The first-order valence-electron chi connectivity index (χ1n) is 6.54. The van der Waals surface area contributed by atoms with E-state index in [0.29, 0.717) is 16.7 Å². The van der Waals surface area contributed by atoms with Gasteiger partial charge in [-0.05, 0) is 32.4 Å². The van der Waals surface area contributed by atoms with Crippen LogP contribution in [0.2, 0.25) is 5.02 Å². The van der Waals surface area contributed by atoms with Crippen LogP contribution in [0.15, 0.2) is 29.3 Å². The van der Waals surface area contributed by atoms with Crippen LogP contribution in [-0.2, 0) is 0 Å². The Labute approximate surface area is 122 Å². The highest BCUT2D eigenvalue weighted by atomic mass is 35.5. The number of para-hydroxylation sites is 1. The number of aromatic nitrogens is 3. The molecule has 1 aromatic carbocycles. The van der Waals surface area contributed by atoms with Crippen LogP contribution in [0.1, 0.15) is 19.4 Å². The Morgan fingerprint density at radius 2 is 2.00 bits per heavy atom. The third-order valence-corrected chi connectivity index (χ3v) is 3.47. The van der Waals surface area contributed by atoms with E-state index >= 15 is 0 Å². The van der Waals surface area contributed by atoms with Gasteiger partial charge >= 0.3 is 5.69 Å². The summed E-state index contributed by atoms with van der Waals surface area (Å²) in [6, 6.07) is 5.48. The van der Waals surface area contributed by atoms with Crippen LogP contribution in [-0.4, -0.2) is 27.6 Å². The molecule has 5 nitrogen and oxygen atoms in total. The molecule has 0 radical (unpaired) electrons. The number of aryl methyl sites for hydroxylation is 1. The van der Waals surface area contributed by atoms with E-state index in [9.17, 15) is 4.79 Å². The predicted octanol–water partition coefficient (Wildman–Crippen LogP) is 2.44. The van der Waals surface area contributed by atoms with Crippen molar-refractivity contribution in [3.05, 3.63) is 45.6 Å². The topological polar surface area (TPSA) is 51.0 Å². The van der Waals surface area contributed by atoms with Crippen molar-refractivity contribution in [1.82, 2.24) is 14.5 Å². The number of hydrogen-bond donors (Lipinski definition) is 0. The number of benzene rings is 1. The van der Waals surface area contributed by atoms with E-state index in [1.165, 1.54) is 10.9 Å². The molecule has 6 heteroatoms. The van der Waals surface area contributed by atoms with Crippen molar-refractivity contribution in [3.63, 3.8) is 0 Å². The monoisotopic (exact) mass is 292 g/mol. The number of rotatable bonds is 4. The molecule has 1 aromatic heterocycles. The Morgan fingerprint density at radius 1 is 1.30 bits per heavy atom. The first-order valence-corrected chi connectivity index (χ1v) is 6.92. The molecule has 2 rings (SSSR count). The highest BCUT2D eigenvalue weighted by molar-refractivity contribution is 6.32. The second kappa shape index (κ2) is 6.05. The fourth-order valence-corrected chi connectivity index (χ4v) is 2.38. The Kier molecular flexibility index (Phi) is 4.39. The summed E-state index contributed by atoms with van der Waals surface area (Å²) in [7, 11) is 0. The summed E-state index contributed by atoms with van der Waals surface area (Å²) < 4.78 is 1.38. The number of nitrogens with zero attached hydrogens (tertiary/aromatic N) is 4. The fourth-order valence-electron chi connectivity index (χ4n) is 2.07. The van der Waals surface area contributed by atoms with Crippen molar-refractivity contribution < 1.29 is 0 Å². The molecule has 0 N–H and O–H groups in total. The maximum absolute atomic E-state index is 12.2. The lowest BCUT2D eigenvalue weighted by molar-refractivity contribution is 0.773. The molecule has 0 aliphatic rings. The predicted molar refractivity (Wildman–Crippen MR) is 80.9 cm³/mol. The molecule has 0 bridgehead atoms. The van der Waals surface area contributed by atoms with Gasteiger partial charge in [0.15, 0.2) is 0 Å². The molecule has 1 heterocycles. The van der Waals surface area contributed by atoms with Crippen molar-refractivity contribution in [1.29, 1.82) is 0 Å². The van der Waals surface area contributed by atoms with Crippen LogP contribution in [0.4, 0.5) is 5.95 Å². The zero-order chi connectivity index (χ0) is 14.7. The molecule has 0 aliphatic heterocycles. The SMILES string of the molecule is CCN(CC)c1ncn(-c2c(C)cccc2Cl)c(=O)n1. The van der Waals surface area contributed by atoms with Gasteiger partial charge < -0.3 is 4.90 Å². The minimum atomic E-state index is -0.377. The van der Waals surface area contributed by atoms with Crippen LogP contribution in [0.5, 0.6) is 0 Å². The van der Waals surface area contributed by atoms with Gasteiger partial charge in [0.2, 0.25) is 5.95 Å². The highest BCUT2D eigenvalue weighted by Gasteiger charge is 2.12. The summed E-state index contributed by atoms with van der Waals surface area (Å²) in [6.45, 7) is 7.40. The fraction of sp³-hybridized carbons (Fsp3) is 0.357. The minimum absolute atomic E-state index is 0.377. The minimum Gasteiger partial charge on any atom is -0.341 e. The van der Waals surface area contributed by atoms with E-state index in [-0.39, 0.29) is 5.69 Å². The van der Waals surface area contributed by atoms with Crippen LogP contribution in [0.25, 0.3) is 5.69 Å². The van der Waals surface area contributed by atoms with Gasteiger partial charge in [-0.15, -0.1) is 0 Å². The largest absolute Gasteiger partial charge is 0.356 e. The molecule has 0 aliphatic carbocycles. The average Bonchev–Trinajstić information content (AvgIpc) is 2.42. The third-order valence-electron chi connectivity index (χ3n) is 3.17. The van der Waals surface area contributed by atoms with E-state index in [2.05, 4.69) is 9.97 Å². The van der Waals surface area contributed by atoms with Crippen LogP contribution < -0.4 is 10.6 Å². The average molecular weight is 293 g/mol. The molecule has 0 saturated carbocycles. The zero-order valence-corrected chi connectivity index (χ0v) is 12.6. The van der Waals surface area contributed by atoms with Gasteiger partial charge in [0.05, 0.1) is 10.7 Å². The van der Waals surface area contributed by atoms with Crippen molar-refractivity contribution in [2.75, 3.05) is 18.0 Å². The highest BCUT2D eigenvalue weighted by Crippen LogP contribution is 2.22. The number of anilines is 1. The summed E-state index contributed by atoms with van der Waals surface area (Å²) in [4.78, 5) is 22.4. The summed E-state index contributed by atoms with van der Waals surface area (Å²) in [6.07, 6.45) is 1.48. The first-order chi connectivity index (χ1) is 9.58. The third kappa shape index (κ3) is 2.67. The van der Waals surface area contributed by atoms with E-state index < -0.39 is 0 Å². The van der Waals surface area contributed by atoms with Crippen LogP contribution in [0, 0.1) is 6.92 Å². The molecule has 0 spiro atoms. The Morgan fingerprint density at radius 3 is 2.55 bits per heavy atom.